The fourth-order valence-electron chi connectivity index (χ4n) is 3.76. The van der Waals surface area contributed by atoms with Gasteiger partial charge in [0.05, 0.1) is 24.0 Å². The molecule has 142 valence electrons. The number of nitriles is 1. The third kappa shape index (κ3) is 4.12. The van der Waals surface area contributed by atoms with Gasteiger partial charge in [0.25, 0.3) is 0 Å². The summed E-state index contributed by atoms with van der Waals surface area (Å²) in [6.45, 7) is 0. The van der Waals surface area contributed by atoms with E-state index in [1.54, 1.807) is 6.20 Å². The number of rotatable bonds is 6. The van der Waals surface area contributed by atoms with Crippen molar-refractivity contribution in [3.05, 3.63) is 48.9 Å². The van der Waals surface area contributed by atoms with Gasteiger partial charge >= 0.3 is 0 Å². The molecule has 28 heavy (non-hydrogen) atoms. The van der Waals surface area contributed by atoms with Gasteiger partial charge in [-0.2, -0.15) is 10.4 Å². The van der Waals surface area contributed by atoms with Crippen molar-refractivity contribution in [3.63, 3.8) is 0 Å². The largest absolute Gasteiger partial charge is 0.399 e. The van der Waals surface area contributed by atoms with Crippen molar-refractivity contribution >= 4 is 17.3 Å². The highest BCUT2D eigenvalue weighted by molar-refractivity contribution is 5.61. The second kappa shape index (κ2) is 8.09. The van der Waals surface area contributed by atoms with Crippen LogP contribution in [0.1, 0.15) is 38.1 Å². The van der Waals surface area contributed by atoms with Crippen LogP contribution in [0.4, 0.5) is 17.3 Å². The molecule has 0 spiro atoms. The van der Waals surface area contributed by atoms with Crippen LogP contribution in [0.3, 0.4) is 0 Å². The predicted octanol–water partition coefficient (Wildman–Crippen LogP) is 4.31. The monoisotopic (exact) mass is 373 g/mol. The third-order valence-electron chi connectivity index (χ3n) is 5.27. The highest BCUT2D eigenvalue weighted by atomic mass is 15.3. The zero-order valence-corrected chi connectivity index (χ0v) is 15.6. The number of anilines is 3. The van der Waals surface area contributed by atoms with E-state index in [0.29, 0.717) is 24.3 Å². The van der Waals surface area contributed by atoms with Crippen LogP contribution in [0.25, 0.3) is 11.3 Å². The molecule has 3 N–H and O–H groups in total. The van der Waals surface area contributed by atoms with Crippen LogP contribution in [0.2, 0.25) is 0 Å². The summed E-state index contributed by atoms with van der Waals surface area (Å²) in [4.78, 5) is 8.91. The maximum Gasteiger partial charge on any atom is 0.227 e. The average Bonchev–Trinajstić information content (AvgIpc) is 3.38. The molecule has 1 aromatic carbocycles. The lowest BCUT2D eigenvalue weighted by Crippen LogP contribution is -2.06. The quantitative estimate of drug-likeness (QED) is 0.624. The Bertz CT molecular complexity index is 971. The molecule has 0 saturated heterocycles. The van der Waals surface area contributed by atoms with Gasteiger partial charge in [-0.05, 0) is 61.9 Å². The number of hydrogen-bond donors (Lipinski definition) is 2. The van der Waals surface area contributed by atoms with Gasteiger partial charge in [0.1, 0.15) is 0 Å². The molecule has 2 atom stereocenters. The number of nitrogen functional groups attached to an aromatic ring is 1. The lowest BCUT2D eigenvalue weighted by molar-refractivity contribution is 0.430. The minimum Gasteiger partial charge on any atom is -0.399 e. The normalized spacial score (nSPS) is 18.7. The SMILES string of the molecule is N#CCCC1CCC(n2cc(-c3ccnc(Nc4ccc(N)cc4)n3)cn2)C1. The molecule has 1 aliphatic rings. The standard InChI is InChI=1S/C21H23N7/c22-10-1-2-15-3-8-19(12-15)28-14-16(13-25-28)20-9-11-24-21(27-20)26-18-6-4-17(23)5-7-18/h4-7,9,11,13-15,19H,1-3,8,12,23H2,(H,24,26,27). The summed E-state index contributed by atoms with van der Waals surface area (Å²) in [7, 11) is 0. The van der Waals surface area contributed by atoms with E-state index in [4.69, 9.17) is 11.0 Å². The zero-order valence-electron chi connectivity index (χ0n) is 15.6. The Morgan fingerprint density at radius 1 is 1.21 bits per heavy atom. The lowest BCUT2D eigenvalue weighted by Gasteiger charge is -2.11. The zero-order chi connectivity index (χ0) is 19.3. The fraction of sp³-hybridized carbons (Fsp3) is 0.333. The smallest absolute Gasteiger partial charge is 0.227 e. The molecule has 2 unspecified atom stereocenters. The number of nitrogens with zero attached hydrogens (tertiary/aromatic N) is 5. The van der Waals surface area contributed by atoms with Crippen molar-refractivity contribution in [2.45, 2.75) is 38.1 Å². The molecule has 2 aromatic heterocycles. The first-order valence-electron chi connectivity index (χ1n) is 9.58. The molecule has 1 saturated carbocycles. The highest BCUT2D eigenvalue weighted by Gasteiger charge is 2.26. The number of benzene rings is 1. The molecule has 1 aliphatic carbocycles. The summed E-state index contributed by atoms with van der Waals surface area (Å²) >= 11 is 0. The second-order valence-corrected chi connectivity index (χ2v) is 7.25. The van der Waals surface area contributed by atoms with E-state index in [1.807, 2.05) is 36.5 Å². The first kappa shape index (κ1) is 18.0. The summed E-state index contributed by atoms with van der Waals surface area (Å²) in [6, 6.07) is 12.0. The first-order valence-corrected chi connectivity index (χ1v) is 9.58. The Kier molecular flexibility index (Phi) is 5.20. The van der Waals surface area contributed by atoms with Crippen LogP contribution in [0.5, 0.6) is 0 Å². The predicted molar refractivity (Wildman–Crippen MR) is 109 cm³/mol. The molecule has 4 rings (SSSR count). The van der Waals surface area contributed by atoms with E-state index in [2.05, 4.69) is 37.3 Å². The molecule has 2 heterocycles. The van der Waals surface area contributed by atoms with E-state index < -0.39 is 0 Å². The van der Waals surface area contributed by atoms with Gasteiger partial charge in [-0.1, -0.05) is 0 Å². The van der Waals surface area contributed by atoms with Crippen LogP contribution >= 0.6 is 0 Å². The summed E-state index contributed by atoms with van der Waals surface area (Å²) in [6.07, 6.45) is 10.7. The Hall–Kier alpha value is -3.40. The van der Waals surface area contributed by atoms with Gasteiger partial charge in [-0.15, -0.1) is 0 Å². The Balaban J connectivity index is 1.45. The molecule has 0 amide bonds. The molecule has 0 aliphatic heterocycles. The third-order valence-corrected chi connectivity index (χ3v) is 5.27. The van der Waals surface area contributed by atoms with Crippen molar-refractivity contribution in [3.8, 4) is 17.3 Å². The summed E-state index contributed by atoms with van der Waals surface area (Å²) in [5, 5.41) is 16.5. The Labute approximate surface area is 164 Å². The molecule has 7 heteroatoms. The number of hydrogen-bond acceptors (Lipinski definition) is 6. The molecular formula is C21H23N7. The number of nitrogens with two attached hydrogens (primary N) is 1. The molecule has 3 aromatic rings. The summed E-state index contributed by atoms with van der Waals surface area (Å²) < 4.78 is 2.05. The van der Waals surface area contributed by atoms with Crippen LogP contribution in [0.15, 0.2) is 48.9 Å². The van der Waals surface area contributed by atoms with E-state index >= 15 is 0 Å². The minimum atomic E-state index is 0.409. The van der Waals surface area contributed by atoms with E-state index in [9.17, 15) is 0 Å². The average molecular weight is 373 g/mol. The van der Waals surface area contributed by atoms with Gasteiger partial charge in [0.15, 0.2) is 0 Å². The molecular weight excluding hydrogens is 350 g/mol. The van der Waals surface area contributed by atoms with Gasteiger partial charge in [0, 0.05) is 35.8 Å². The van der Waals surface area contributed by atoms with Crippen molar-refractivity contribution in [2.75, 3.05) is 11.1 Å². The van der Waals surface area contributed by atoms with Gasteiger partial charge in [-0.25, -0.2) is 9.97 Å². The Morgan fingerprint density at radius 3 is 2.89 bits per heavy atom. The van der Waals surface area contributed by atoms with Crippen LogP contribution in [0, 0.1) is 17.2 Å². The summed E-state index contributed by atoms with van der Waals surface area (Å²) in [5.41, 5.74) is 9.13. The van der Waals surface area contributed by atoms with E-state index in [1.165, 1.54) is 6.42 Å². The van der Waals surface area contributed by atoms with E-state index in [-0.39, 0.29) is 0 Å². The van der Waals surface area contributed by atoms with Crippen molar-refractivity contribution in [2.24, 2.45) is 5.92 Å². The maximum atomic E-state index is 8.78. The Morgan fingerprint density at radius 2 is 2.07 bits per heavy atom. The van der Waals surface area contributed by atoms with E-state index in [0.717, 1.165) is 41.9 Å². The second-order valence-electron chi connectivity index (χ2n) is 7.25. The molecule has 1 fully saturated rings. The van der Waals surface area contributed by atoms with Crippen molar-refractivity contribution in [1.82, 2.24) is 19.7 Å². The molecule has 0 radical (unpaired) electrons. The number of aromatic nitrogens is 4. The van der Waals surface area contributed by atoms with Crippen LogP contribution in [-0.4, -0.2) is 19.7 Å². The van der Waals surface area contributed by atoms with Crippen molar-refractivity contribution in [1.29, 1.82) is 5.26 Å². The van der Waals surface area contributed by atoms with Gasteiger partial charge in [-0.3, -0.25) is 4.68 Å². The first-order chi connectivity index (χ1) is 13.7. The van der Waals surface area contributed by atoms with Crippen molar-refractivity contribution < 1.29 is 0 Å². The highest BCUT2D eigenvalue weighted by Crippen LogP contribution is 2.37. The lowest BCUT2D eigenvalue weighted by atomic mass is 10.0. The van der Waals surface area contributed by atoms with Gasteiger partial charge < -0.3 is 11.1 Å². The fourth-order valence-corrected chi connectivity index (χ4v) is 3.76. The van der Waals surface area contributed by atoms with Crippen LogP contribution in [-0.2, 0) is 0 Å². The molecule has 0 bridgehead atoms. The molecule has 7 nitrogen and oxygen atoms in total. The van der Waals surface area contributed by atoms with Crippen LogP contribution < -0.4 is 11.1 Å². The summed E-state index contributed by atoms with van der Waals surface area (Å²) in [5.74, 6) is 1.17. The minimum absolute atomic E-state index is 0.409. The maximum absolute atomic E-state index is 8.78. The topological polar surface area (TPSA) is 105 Å². The number of nitrogens with one attached hydrogen (secondary N) is 1. The van der Waals surface area contributed by atoms with Gasteiger partial charge in [0.2, 0.25) is 5.95 Å².